The molecule has 1 aliphatic rings. The van der Waals surface area contributed by atoms with E-state index >= 15 is 0 Å². The molecule has 0 aromatic heterocycles. The number of carbonyl (C=O) groups is 1. The number of fused-ring (bicyclic) bond motifs is 1. The van der Waals surface area contributed by atoms with Crippen LogP contribution in [0.3, 0.4) is 0 Å². The number of allylic oxidation sites excluding steroid dienone is 1. The molecule has 2 nitrogen and oxygen atoms in total. The van der Waals surface area contributed by atoms with Crippen LogP contribution in [0.15, 0.2) is 36.9 Å². The second kappa shape index (κ2) is 6.05. The second-order valence-electron chi connectivity index (χ2n) is 5.37. The normalized spacial score (nSPS) is 21.5. The Balaban J connectivity index is 2.37. The van der Waals surface area contributed by atoms with Gasteiger partial charge in [-0.3, -0.25) is 4.79 Å². The minimum absolute atomic E-state index is 0.0594. The molecule has 1 atom stereocenters. The number of esters is 1. The summed E-state index contributed by atoms with van der Waals surface area (Å²) in [6, 6.07) is 8.53. The Labute approximate surface area is 115 Å². The Morgan fingerprint density at radius 3 is 3.00 bits per heavy atom. The van der Waals surface area contributed by atoms with E-state index in [1.54, 1.807) is 0 Å². The van der Waals surface area contributed by atoms with Crippen LogP contribution in [-0.4, -0.2) is 13.1 Å². The lowest BCUT2D eigenvalue weighted by molar-refractivity contribution is -0.142. The van der Waals surface area contributed by atoms with Crippen LogP contribution in [0, 0.1) is 0 Å². The van der Waals surface area contributed by atoms with E-state index in [0.717, 1.165) is 32.1 Å². The van der Waals surface area contributed by atoms with Gasteiger partial charge < -0.3 is 4.74 Å². The van der Waals surface area contributed by atoms with E-state index in [9.17, 15) is 4.79 Å². The maximum absolute atomic E-state index is 11.8. The molecule has 102 valence electrons. The van der Waals surface area contributed by atoms with E-state index < -0.39 is 0 Å². The zero-order valence-electron chi connectivity index (χ0n) is 11.7. The van der Waals surface area contributed by atoms with Gasteiger partial charge in [0.05, 0.1) is 13.5 Å². The molecular weight excluding hydrogens is 236 g/mol. The summed E-state index contributed by atoms with van der Waals surface area (Å²) in [5.74, 6) is -0.110. The fraction of sp³-hybridized carbons (Fsp3) is 0.471. The van der Waals surface area contributed by atoms with E-state index in [0.29, 0.717) is 6.42 Å². The number of aryl methyl sites for hydroxylation is 1. The first-order chi connectivity index (χ1) is 9.22. The Bertz CT molecular complexity index is 464. The maximum Gasteiger partial charge on any atom is 0.306 e. The van der Waals surface area contributed by atoms with Gasteiger partial charge in [0, 0.05) is 5.41 Å². The average molecular weight is 258 g/mol. The molecule has 1 aliphatic carbocycles. The predicted octanol–water partition coefficient (Wildman–Crippen LogP) is 3.79. The molecule has 0 saturated heterocycles. The van der Waals surface area contributed by atoms with Crippen LogP contribution in [0.2, 0.25) is 0 Å². The SMILES string of the molecule is C=CCCC1(CC(=O)OC)CCCc2ccccc21. The first kappa shape index (κ1) is 13.9. The molecule has 0 fully saturated rings. The van der Waals surface area contributed by atoms with Gasteiger partial charge in [-0.2, -0.15) is 0 Å². The van der Waals surface area contributed by atoms with Crippen LogP contribution in [0.25, 0.3) is 0 Å². The number of hydrogen-bond donors (Lipinski definition) is 0. The number of hydrogen-bond acceptors (Lipinski definition) is 2. The van der Waals surface area contributed by atoms with Crippen molar-refractivity contribution in [3.05, 3.63) is 48.0 Å². The van der Waals surface area contributed by atoms with Crippen LogP contribution in [0.1, 0.15) is 43.2 Å². The first-order valence-corrected chi connectivity index (χ1v) is 6.98. The molecular formula is C17H22O2. The molecule has 1 aromatic rings. The Morgan fingerprint density at radius 1 is 1.47 bits per heavy atom. The minimum atomic E-state index is -0.110. The highest BCUT2D eigenvalue weighted by atomic mass is 16.5. The number of carbonyl (C=O) groups excluding carboxylic acids is 1. The summed E-state index contributed by atoms with van der Waals surface area (Å²) in [6.45, 7) is 3.82. The van der Waals surface area contributed by atoms with Gasteiger partial charge in [-0.15, -0.1) is 6.58 Å². The van der Waals surface area contributed by atoms with Crippen LogP contribution >= 0.6 is 0 Å². The summed E-state index contributed by atoms with van der Waals surface area (Å²) < 4.78 is 4.91. The van der Waals surface area contributed by atoms with Crippen molar-refractivity contribution in [1.82, 2.24) is 0 Å². The van der Waals surface area contributed by atoms with Crippen molar-refractivity contribution < 1.29 is 9.53 Å². The third-order valence-corrected chi connectivity index (χ3v) is 4.23. The molecule has 0 radical (unpaired) electrons. The average Bonchev–Trinajstić information content (AvgIpc) is 2.45. The van der Waals surface area contributed by atoms with Gasteiger partial charge in [0.15, 0.2) is 0 Å². The Kier molecular flexibility index (Phi) is 4.41. The predicted molar refractivity (Wildman–Crippen MR) is 77.1 cm³/mol. The van der Waals surface area contributed by atoms with E-state index in [-0.39, 0.29) is 11.4 Å². The summed E-state index contributed by atoms with van der Waals surface area (Å²) in [6.07, 6.45) is 7.66. The maximum atomic E-state index is 11.8. The monoisotopic (exact) mass is 258 g/mol. The van der Waals surface area contributed by atoms with Crippen LogP contribution < -0.4 is 0 Å². The molecule has 0 aliphatic heterocycles. The van der Waals surface area contributed by atoms with Crippen LogP contribution in [0.4, 0.5) is 0 Å². The molecule has 0 N–H and O–H groups in total. The molecule has 1 unspecified atom stereocenters. The number of methoxy groups -OCH3 is 1. The van der Waals surface area contributed by atoms with Crippen molar-refractivity contribution in [2.24, 2.45) is 0 Å². The third-order valence-electron chi connectivity index (χ3n) is 4.23. The fourth-order valence-corrected chi connectivity index (χ4v) is 3.27. The van der Waals surface area contributed by atoms with Crippen molar-refractivity contribution in [2.45, 2.75) is 43.9 Å². The van der Waals surface area contributed by atoms with Gasteiger partial charge in [0.1, 0.15) is 0 Å². The molecule has 19 heavy (non-hydrogen) atoms. The van der Waals surface area contributed by atoms with Crippen molar-refractivity contribution in [3.8, 4) is 0 Å². The minimum Gasteiger partial charge on any atom is -0.469 e. The van der Waals surface area contributed by atoms with Gasteiger partial charge in [0.25, 0.3) is 0 Å². The molecule has 1 aromatic carbocycles. The summed E-state index contributed by atoms with van der Waals surface area (Å²) in [7, 11) is 1.47. The van der Waals surface area contributed by atoms with Gasteiger partial charge in [-0.05, 0) is 43.2 Å². The molecule has 0 amide bonds. The lowest BCUT2D eigenvalue weighted by Crippen LogP contribution is -2.34. The zero-order valence-corrected chi connectivity index (χ0v) is 11.7. The van der Waals surface area contributed by atoms with Gasteiger partial charge >= 0.3 is 5.97 Å². The van der Waals surface area contributed by atoms with Crippen molar-refractivity contribution in [3.63, 3.8) is 0 Å². The molecule has 2 rings (SSSR count). The van der Waals surface area contributed by atoms with Crippen molar-refractivity contribution >= 4 is 5.97 Å². The standard InChI is InChI=1S/C17H22O2/c1-3-4-11-17(13-16(18)19-2)12-7-9-14-8-5-6-10-15(14)17/h3,5-6,8,10H,1,4,7,9,11-13H2,2H3. The van der Waals surface area contributed by atoms with Crippen LogP contribution in [-0.2, 0) is 21.4 Å². The number of ether oxygens (including phenoxy) is 1. The molecule has 2 heteroatoms. The van der Waals surface area contributed by atoms with Gasteiger partial charge in [-0.1, -0.05) is 30.3 Å². The summed E-state index contributed by atoms with van der Waals surface area (Å²) in [5, 5.41) is 0. The fourth-order valence-electron chi connectivity index (χ4n) is 3.27. The molecule has 0 bridgehead atoms. The number of benzene rings is 1. The van der Waals surface area contributed by atoms with Gasteiger partial charge in [-0.25, -0.2) is 0 Å². The highest BCUT2D eigenvalue weighted by molar-refractivity contribution is 5.71. The first-order valence-electron chi connectivity index (χ1n) is 6.98. The van der Waals surface area contributed by atoms with E-state index in [4.69, 9.17) is 4.74 Å². The lowest BCUT2D eigenvalue weighted by Gasteiger charge is -2.38. The van der Waals surface area contributed by atoms with E-state index in [1.165, 1.54) is 18.2 Å². The summed E-state index contributed by atoms with van der Waals surface area (Å²) in [4.78, 5) is 11.8. The molecule has 0 heterocycles. The highest BCUT2D eigenvalue weighted by Crippen LogP contribution is 2.43. The van der Waals surface area contributed by atoms with E-state index in [1.807, 2.05) is 6.08 Å². The van der Waals surface area contributed by atoms with Gasteiger partial charge in [0.2, 0.25) is 0 Å². The quantitative estimate of drug-likeness (QED) is 0.593. The van der Waals surface area contributed by atoms with Crippen molar-refractivity contribution in [1.29, 1.82) is 0 Å². The number of rotatable bonds is 5. The molecule has 0 saturated carbocycles. The Morgan fingerprint density at radius 2 is 2.26 bits per heavy atom. The van der Waals surface area contributed by atoms with E-state index in [2.05, 4.69) is 30.8 Å². The summed E-state index contributed by atoms with van der Waals surface area (Å²) in [5.41, 5.74) is 2.67. The smallest absolute Gasteiger partial charge is 0.306 e. The largest absolute Gasteiger partial charge is 0.469 e. The summed E-state index contributed by atoms with van der Waals surface area (Å²) >= 11 is 0. The lowest BCUT2D eigenvalue weighted by atomic mass is 9.65. The second-order valence-corrected chi connectivity index (χ2v) is 5.37. The molecule has 0 spiro atoms. The highest BCUT2D eigenvalue weighted by Gasteiger charge is 2.37. The Hall–Kier alpha value is -1.57. The zero-order chi connectivity index (χ0) is 13.7. The van der Waals surface area contributed by atoms with Crippen LogP contribution in [0.5, 0.6) is 0 Å². The van der Waals surface area contributed by atoms with Crippen molar-refractivity contribution in [2.75, 3.05) is 7.11 Å². The topological polar surface area (TPSA) is 26.3 Å². The third kappa shape index (κ3) is 2.89.